The molecule has 1 atom stereocenters. The topological polar surface area (TPSA) is 95.5 Å². The summed E-state index contributed by atoms with van der Waals surface area (Å²) in [4.78, 5) is 37.7. The lowest BCUT2D eigenvalue weighted by atomic mass is 10.1. The van der Waals surface area contributed by atoms with Gasteiger partial charge in [0.05, 0.1) is 5.56 Å². The quantitative estimate of drug-likeness (QED) is 0.249. The van der Waals surface area contributed by atoms with Crippen LogP contribution in [0.25, 0.3) is 0 Å². The largest absolute Gasteiger partial charge is 0.478 e. The van der Waals surface area contributed by atoms with Crippen molar-refractivity contribution in [3.63, 3.8) is 0 Å². The number of aromatic carboxylic acids is 1. The molecule has 0 aromatic heterocycles. The second kappa shape index (κ2) is 11.3. The maximum Gasteiger partial charge on any atom is 0.335 e. The Morgan fingerprint density at radius 3 is 2.08 bits per heavy atom. The van der Waals surface area contributed by atoms with Crippen molar-refractivity contribution in [2.45, 2.75) is 10.1 Å². The molecule has 0 spiro atoms. The van der Waals surface area contributed by atoms with Crippen molar-refractivity contribution in [3.8, 4) is 0 Å². The Morgan fingerprint density at radius 1 is 0.722 bits per heavy atom. The number of halogens is 1. The molecule has 8 heteroatoms. The van der Waals surface area contributed by atoms with Gasteiger partial charge < -0.3 is 15.7 Å². The van der Waals surface area contributed by atoms with Gasteiger partial charge in [-0.05, 0) is 72.3 Å². The van der Waals surface area contributed by atoms with E-state index < -0.39 is 17.0 Å². The predicted octanol–water partition coefficient (Wildman–Crippen LogP) is 6.25. The Bertz CT molecular complexity index is 1380. The summed E-state index contributed by atoms with van der Waals surface area (Å²) >= 11 is 1.32. The van der Waals surface area contributed by atoms with Crippen molar-refractivity contribution >= 4 is 40.9 Å². The second-order valence-corrected chi connectivity index (χ2v) is 8.95. The minimum atomic E-state index is -1.08. The minimum Gasteiger partial charge on any atom is -0.478 e. The van der Waals surface area contributed by atoms with E-state index >= 15 is 0 Å². The molecule has 0 fully saturated rings. The molecule has 1 unspecified atom stereocenters. The Balaban J connectivity index is 1.49. The van der Waals surface area contributed by atoms with Gasteiger partial charge in [-0.3, -0.25) is 9.59 Å². The van der Waals surface area contributed by atoms with Gasteiger partial charge >= 0.3 is 5.97 Å². The molecule has 0 heterocycles. The fraction of sp³-hybridized carbons (Fsp3) is 0.0357. The highest BCUT2D eigenvalue weighted by atomic mass is 32.2. The molecule has 0 saturated carbocycles. The van der Waals surface area contributed by atoms with E-state index in [1.54, 1.807) is 36.4 Å². The molecule has 4 aromatic rings. The molecule has 0 aliphatic heterocycles. The summed E-state index contributed by atoms with van der Waals surface area (Å²) in [5.74, 6) is -2.16. The van der Waals surface area contributed by atoms with Gasteiger partial charge in [0.1, 0.15) is 11.1 Å². The van der Waals surface area contributed by atoms with Crippen LogP contribution in [0.5, 0.6) is 0 Å². The van der Waals surface area contributed by atoms with E-state index in [1.807, 2.05) is 30.3 Å². The number of hydrogen-bond donors (Lipinski definition) is 3. The zero-order valence-electron chi connectivity index (χ0n) is 18.9. The van der Waals surface area contributed by atoms with Crippen LogP contribution in [0, 0.1) is 5.82 Å². The maximum absolute atomic E-state index is 13.2. The van der Waals surface area contributed by atoms with Crippen molar-refractivity contribution in [1.82, 2.24) is 0 Å². The van der Waals surface area contributed by atoms with Gasteiger partial charge in [0, 0.05) is 21.8 Å². The SMILES string of the molecule is O=C(O)c1cccc(NC(=O)C(Sc2ccc(NC(=O)c3ccc(F)cc3)cc2)c2ccccc2)c1. The predicted molar refractivity (Wildman–Crippen MR) is 138 cm³/mol. The lowest BCUT2D eigenvalue weighted by Crippen LogP contribution is -2.19. The van der Waals surface area contributed by atoms with Crippen molar-refractivity contribution in [2.24, 2.45) is 0 Å². The molecule has 36 heavy (non-hydrogen) atoms. The van der Waals surface area contributed by atoms with E-state index in [1.165, 1.54) is 48.2 Å². The third kappa shape index (κ3) is 6.37. The lowest BCUT2D eigenvalue weighted by molar-refractivity contribution is -0.115. The number of carbonyl (C=O) groups is 3. The van der Waals surface area contributed by atoms with Gasteiger partial charge in [0.2, 0.25) is 5.91 Å². The smallest absolute Gasteiger partial charge is 0.335 e. The molecule has 0 aliphatic carbocycles. The number of carbonyl (C=O) groups excluding carboxylic acids is 2. The number of carboxylic acid groups (broad SMARTS) is 1. The fourth-order valence-electron chi connectivity index (χ4n) is 3.40. The standard InChI is InChI=1S/C28H21FN2O4S/c29-21-11-9-19(10-12-21)26(32)30-22-13-15-24(16-14-22)36-25(18-5-2-1-3-6-18)27(33)31-23-8-4-7-20(17-23)28(34)35/h1-17,25H,(H,30,32)(H,31,33)(H,34,35). The van der Waals surface area contributed by atoms with Gasteiger partial charge in [-0.25, -0.2) is 9.18 Å². The zero-order chi connectivity index (χ0) is 25.5. The summed E-state index contributed by atoms with van der Waals surface area (Å²) in [7, 11) is 0. The Labute approximate surface area is 211 Å². The summed E-state index contributed by atoms with van der Waals surface area (Å²) in [5, 5.41) is 14.2. The molecule has 4 rings (SSSR count). The first-order valence-corrected chi connectivity index (χ1v) is 11.8. The van der Waals surface area contributed by atoms with Crippen LogP contribution < -0.4 is 10.6 Å². The van der Waals surface area contributed by atoms with Crippen LogP contribution in [-0.4, -0.2) is 22.9 Å². The van der Waals surface area contributed by atoms with Gasteiger partial charge in [0.25, 0.3) is 5.91 Å². The molecular formula is C28H21FN2O4S. The molecule has 4 aromatic carbocycles. The van der Waals surface area contributed by atoms with E-state index in [0.29, 0.717) is 16.9 Å². The minimum absolute atomic E-state index is 0.0787. The van der Waals surface area contributed by atoms with Crippen LogP contribution in [0.3, 0.4) is 0 Å². The van der Waals surface area contributed by atoms with Gasteiger partial charge in [-0.15, -0.1) is 11.8 Å². The molecule has 2 amide bonds. The number of rotatable bonds is 8. The van der Waals surface area contributed by atoms with Crippen molar-refractivity contribution in [1.29, 1.82) is 0 Å². The lowest BCUT2D eigenvalue weighted by Gasteiger charge is -2.17. The summed E-state index contributed by atoms with van der Waals surface area (Å²) in [6.07, 6.45) is 0. The Hall–Kier alpha value is -4.43. The highest BCUT2D eigenvalue weighted by Crippen LogP contribution is 2.36. The zero-order valence-corrected chi connectivity index (χ0v) is 19.7. The van der Waals surface area contributed by atoms with Crippen LogP contribution in [0.4, 0.5) is 15.8 Å². The molecular weight excluding hydrogens is 479 g/mol. The Kier molecular flexibility index (Phi) is 7.77. The van der Waals surface area contributed by atoms with E-state index in [2.05, 4.69) is 10.6 Å². The molecule has 0 aliphatic rings. The monoisotopic (exact) mass is 500 g/mol. The van der Waals surface area contributed by atoms with E-state index in [4.69, 9.17) is 0 Å². The first kappa shape index (κ1) is 24.7. The van der Waals surface area contributed by atoms with Crippen molar-refractivity contribution < 1.29 is 23.9 Å². The number of benzene rings is 4. The average molecular weight is 501 g/mol. The average Bonchev–Trinajstić information content (AvgIpc) is 2.89. The molecule has 6 nitrogen and oxygen atoms in total. The summed E-state index contributed by atoms with van der Waals surface area (Å²) in [6.45, 7) is 0. The van der Waals surface area contributed by atoms with Crippen LogP contribution in [0.15, 0.2) is 108 Å². The number of anilines is 2. The number of hydrogen-bond acceptors (Lipinski definition) is 4. The van der Waals surface area contributed by atoms with Crippen LogP contribution >= 0.6 is 11.8 Å². The number of carboxylic acids is 1. The Morgan fingerprint density at radius 2 is 1.42 bits per heavy atom. The highest BCUT2D eigenvalue weighted by molar-refractivity contribution is 8.00. The molecule has 0 bridgehead atoms. The summed E-state index contributed by atoms with van der Waals surface area (Å²) < 4.78 is 13.1. The van der Waals surface area contributed by atoms with Crippen LogP contribution in [0.2, 0.25) is 0 Å². The van der Waals surface area contributed by atoms with E-state index in [0.717, 1.165) is 10.5 Å². The molecule has 3 N–H and O–H groups in total. The number of thioether (sulfide) groups is 1. The van der Waals surface area contributed by atoms with Gasteiger partial charge in [-0.1, -0.05) is 36.4 Å². The first-order valence-electron chi connectivity index (χ1n) is 10.9. The summed E-state index contributed by atoms with van der Waals surface area (Å²) in [6, 6.07) is 27.6. The maximum atomic E-state index is 13.2. The van der Waals surface area contributed by atoms with Crippen LogP contribution in [-0.2, 0) is 4.79 Å². The third-order valence-corrected chi connectivity index (χ3v) is 6.46. The number of amides is 2. The van der Waals surface area contributed by atoms with Crippen molar-refractivity contribution in [3.05, 3.63) is 126 Å². The van der Waals surface area contributed by atoms with Gasteiger partial charge in [-0.2, -0.15) is 0 Å². The molecule has 180 valence electrons. The van der Waals surface area contributed by atoms with Gasteiger partial charge in [0.15, 0.2) is 0 Å². The highest BCUT2D eigenvalue weighted by Gasteiger charge is 2.22. The normalized spacial score (nSPS) is 11.4. The summed E-state index contributed by atoms with van der Waals surface area (Å²) in [5.41, 5.74) is 2.14. The third-order valence-electron chi connectivity index (χ3n) is 5.19. The van der Waals surface area contributed by atoms with E-state index in [9.17, 15) is 23.9 Å². The van der Waals surface area contributed by atoms with Crippen molar-refractivity contribution in [2.75, 3.05) is 10.6 Å². The van der Waals surface area contributed by atoms with E-state index in [-0.39, 0.29) is 17.4 Å². The number of nitrogens with one attached hydrogen (secondary N) is 2. The fourth-order valence-corrected chi connectivity index (χ4v) is 4.42. The first-order chi connectivity index (χ1) is 17.4. The van der Waals surface area contributed by atoms with Crippen LogP contribution in [0.1, 0.15) is 31.5 Å². The molecule has 0 saturated heterocycles. The molecule has 0 radical (unpaired) electrons. The second-order valence-electron chi connectivity index (χ2n) is 7.77.